The van der Waals surface area contributed by atoms with Crippen molar-refractivity contribution in [3.05, 3.63) is 78.7 Å². The van der Waals surface area contributed by atoms with Crippen molar-refractivity contribution in [3.63, 3.8) is 0 Å². The number of aromatic nitrogens is 2. The lowest BCUT2D eigenvalue weighted by Crippen LogP contribution is -2.46. The Morgan fingerprint density at radius 1 is 1.11 bits per heavy atom. The summed E-state index contributed by atoms with van der Waals surface area (Å²) in [6.07, 6.45) is 2.63. The fourth-order valence-electron chi connectivity index (χ4n) is 3.49. The van der Waals surface area contributed by atoms with Gasteiger partial charge in [0.25, 0.3) is 11.5 Å². The van der Waals surface area contributed by atoms with Gasteiger partial charge in [0.15, 0.2) is 5.79 Å². The van der Waals surface area contributed by atoms with Gasteiger partial charge in [0.05, 0.1) is 6.04 Å². The summed E-state index contributed by atoms with van der Waals surface area (Å²) in [4.78, 5) is 38.1. The van der Waals surface area contributed by atoms with Crippen LogP contribution >= 0.6 is 22.6 Å². The number of carbonyl (C=O) groups is 1. The van der Waals surface area contributed by atoms with Crippen LogP contribution in [0.25, 0.3) is 0 Å². The molecule has 4 rings (SSSR count). The van der Waals surface area contributed by atoms with E-state index < -0.39 is 35.1 Å². The Hall–Kier alpha value is -2.04. The van der Waals surface area contributed by atoms with E-state index in [0.29, 0.717) is 4.57 Å². The zero-order valence-corrected chi connectivity index (χ0v) is 16.8. The number of hydrogen-bond donors (Lipinski definition) is 0. The van der Waals surface area contributed by atoms with Gasteiger partial charge < -0.3 is 9.47 Å². The molecule has 0 amide bonds. The lowest BCUT2D eigenvalue weighted by atomic mass is 10.2. The van der Waals surface area contributed by atoms with E-state index in [-0.39, 0.29) is 11.7 Å². The molecule has 0 saturated carbocycles. The maximum atomic E-state index is 13.1. The SMILES string of the molecule is CC1(C)O[C@H]2[C@H](n3ccc(=O)n(C(=O)c4ccccc4)c3=O)C(I)=C[C@H]2O1. The minimum absolute atomic E-state index is 0.269. The third-order valence-corrected chi connectivity index (χ3v) is 5.61. The Bertz CT molecular complexity index is 1050. The number of halogens is 1. The van der Waals surface area contributed by atoms with Crippen LogP contribution in [-0.4, -0.2) is 33.0 Å². The molecule has 2 aromatic rings. The summed E-state index contributed by atoms with van der Waals surface area (Å²) in [6.45, 7) is 3.62. The maximum Gasteiger partial charge on any atom is 0.338 e. The first kappa shape index (κ1) is 18.3. The monoisotopic (exact) mass is 480 g/mol. The highest BCUT2D eigenvalue weighted by molar-refractivity contribution is 14.1. The predicted octanol–water partition coefficient (Wildman–Crippen LogP) is 2.09. The molecule has 0 radical (unpaired) electrons. The second kappa shape index (κ2) is 6.54. The third-order valence-electron chi connectivity index (χ3n) is 4.61. The summed E-state index contributed by atoms with van der Waals surface area (Å²) in [7, 11) is 0. The molecule has 0 N–H and O–H groups in total. The summed E-state index contributed by atoms with van der Waals surface area (Å²) in [5.41, 5.74) is -1.09. The van der Waals surface area contributed by atoms with Crippen LogP contribution in [0.2, 0.25) is 0 Å². The van der Waals surface area contributed by atoms with E-state index in [1.54, 1.807) is 30.3 Å². The molecule has 0 bridgehead atoms. The zero-order valence-electron chi connectivity index (χ0n) is 14.7. The van der Waals surface area contributed by atoms with Crippen molar-refractivity contribution in [3.8, 4) is 0 Å². The summed E-state index contributed by atoms with van der Waals surface area (Å²) in [5.74, 6) is -1.42. The van der Waals surface area contributed by atoms with Crippen LogP contribution in [0.1, 0.15) is 30.2 Å². The van der Waals surface area contributed by atoms with Gasteiger partial charge in [-0.2, -0.15) is 4.57 Å². The normalized spacial score (nSPS) is 25.9. The molecule has 1 aliphatic carbocycles. The van der Waals surface area contributed by atoms with Crippen molar-refractivity contribution in [2.45, 2.75) is 37.9 Å². The first-order chi connectivity index (χ1) is 12.8. The number of fused-ring (bicyclic) bond motifs is 1. The van der Waals surface area contributed by atoms with Crippen molar-refractivity contribution in [2.75, 3.05) is 0 Å². The third kappa shape index (κ3) is 3.11. The molecule has 1 aliphatic heterocycles. The average molecular weight is 480 g/mol. The lowest BCUT2D eigenvalue weighted by Gasteiger charge is -2.24. The zero-order chi connectivity index (χ0) is 19.3. The van der Waals surface area contributed by atoms with Crippen LogP contribution < -0.4 is 11.2 Å². The Kier molecular flexibility index (Phi) is 4.44. The molecule has 2 heterocycles. The quantitative estimate of drug-likeness (QED) is 0.616. The Morgan fingerprint density at radius 3 is 2.52 bits per heavy atom. The number of benzene rings is 1. The molecule has 1 fully saturated rings. The van der Waals surface area contributed by atoms with Gasteiger partial charge in [-0.15, -0.1) is 0 Å². The van der Waals surface area contributed by atoms with Crippen LogP contribution in [0.15, 0.2) is 61.8 Å². The molecule has 0 unspecified atom stereocenters. The van der Waals surface area contributed by atoms with Gasteiger partial charge in [0, 0.05) is 21.4 Å². The fraction of sp³-hybridized carbons (Fsp3) is 0.316. The summed E-state index contributed by atoms with van der Waals surface area (Å²) < 4.78 is 14.7. The van der Waals surface area contributed by atoms with Gasteiger partial charge in [-0.05, 0) is 54.6 Å². The lowest BCUT2D eigenvalue weighted by molar-refractivity contribution is -0.147. The highest BCUT2D eigenvalue weighted by atomic mass is 127. The molecule has 1 saturated heterocycles. The molecule has 3 atom stereocenters. The van der Waals surface area contributed by atoms with Gasteiger partial charge in [-0.1, -0.05) is 18.2 Å². The molecule has 1 aromatic carbocycles. The molecule has 0 spiro atoms. The van der Waals surface area contributed by atoms with Gasteiger partial charge in [0.1, 0.15) is 12.2 Å². The predicted molar refractivity (Wildman–Crippen MR) is 106 cm³/mol. The highest BCUT2D eigenvalue weighted by Gasteiger charge is 2.50. The van der Waals surface area contributed by atoms with Gasteiger partial charge in [-0.3, -0.25) is 14.2 Å². The maximum absolute atomic E-state index is 13.1. The van der Waals surface area contributed by atoms with E-state index in [1.807, 2.05) is 19.9 Å². The van der Waals surface area contributed by atoms with Gasteiger partial charge in [-0.25, -0.2) is 4.79 Å². The molecule has 8 heteroatoms. The molecule has 2 aliphatic rings. The molecule has 140 valence electrons. The second-order valence-electron chi connectivity index (χ2n) is 6.91. The number of hydrogen-bond acceptors (Lipinski definition) is 5. The number of rotatable bonds is 2. The topological polar surface area (TPSA) is 79.5 Å². The van der Waals surface area contributed by atoms with E-state index in [2.05, 4.69) is 22.6 Å². The first-order valence-electron chi connectivity index (χ1n) is 8.45. The summed E-state index contributed by atoms with van der Waals surface area (Å²) >= 11 is 2.13. The van der Waals surface area contributed by atoms with E-state index in [9.17, 15) is 14.4 Å². The molecule has 7 nitrogen and oxygen atoms in total. The summed E-state index contributed by atoms with van der Waals surface area (Å²) in [5, 5.41) is 0. The summed E-state index contributed by atoms with van der Waals surface area (Å²) in [6, 6.07) is 9.01. The molecule has 1 aromatic heterocycles. The van der Waals surface area contributed by atoms with Crippen LogP contribution in [0.5, 0.6) is 0 Å². The Balaban J connectivity index is 1.80. The van der Waals surface area contributed by atoms with E-state index in [1.165, 1.54) is 16.8 Å². The minimum atomic E-state index is -0.765. The number of ether oxygens (including phenoxy) is 2. The molecule has 27 heavy (non-hydrogen) atoms. The molecular formula is C19H17IN2O5. The van der Waals surface area contributed by atoms with Crippen LogP contribution in [0, 0.1) is 0 Å². The second-order valence-corrected chi connectivity index (χ2v) is 8.16. The number of carbonyl (C=O) groups excluding carboxylic acids is 1. The largest absolute Gasteiger partial charge is 0.342 e. The first-order valence-corrected chi connectivity index (χ1v) is 9.53. The van der Waals surface area contributed by atoms with Crippen molar-refractivity contribution in [2.24, 2.45) is 0 Å². The highest BCUT2D eigenvalue weighted by Crippen LogP contribution is 2.44. The smallest absolute Gasteiger partial charge is 0.338 e. The van der Waals surface area contributed by atoms with Gasteiger partial charge >= 0.3 is 5.69 Å². The number of nitrogens with zero attached hydrogens (tertiary/aromatic N) is 2. The van der Waals surface area contributed by atoms with Crippen molar-refractivity contribution < 1.29 is 14.3 Å². The van der Waals surface area contributed by atoms with Crippen molar-refractivity contribution >= 4 is 28.5 Å². The Labute approximate surface area is 168 Å². The van der Waals surface area contributed by atoms with E-state index >= 15 is 0 Å². The Morgan fingerprint density at radius 2 is 1.81 bits per heavy atom. The minimum Gasteiger partial charge on any atom is -0.342 e. The fourth-order valence-corrected chi connectivity index (χ4v) is 4.50. The standard InChI is InChI=1S/C19H17IN2O5/c1-19(2)26-13-10-12(20)15(16(13)27-19)21-9-8-14(23)22(18(21)25)17(24)11-6-4-3-5-7-11/h3-10,13,15-16H,1-2H3/t13-,15-,16-/m1/s1. The van der Waals surface area contributed by atoms with Crippen LogP contribution in [-0.2, 0) is 9.47 Å². The van der Waals surface area contributed by atoms with Crippen molar-refractivity contribution in [1.82, 2.24) is 9.13 Å². The van der Waals surface area contributed by atoms with Crippen LogP contribution in [0.4, 0.5) is 0 Å². The molecular weight excluding hydrogens is 463 g/mol. The average Bonchev–Trinajstić information content (AvgIpc) is 3.06. The van der Waals surface area contributed by atoms with E-state index in [4.69, 9.17) is 9.47 Å². The van der Waals surface area contributed by atoms with Crippen LogP contribution in [0.3, 0.4) is 0 Å². The van der Waals surface area contributed by atoms with E-state index in [0.717, 1.165) is 3.58 Å². The van der Waals surface area contributed by atoms with Crippen molar-refractivity contribution in [1.29, 1.82) is 0 Å². The van der Waals surface area contributed by atoms with Gasteiger partial charge in [0.2, 0.25) is 0 Å².